The highest BCUT2D eigenvalue weighted by molar-refractivity contribution is 5.97. The number of rotatable bonds is 8. The number of nitrogens with zero attached hydrogens (tertiary/aromatic N) is 2. The van der Waals surface area contributed by atoms with Gasteiger partial charge in [-0.15, -0.1) is 0 Å². The summed E-state index contributed by atoms with van der Waals surface area (Å²) in [5, 5.41) is 21.3. The molecule has 0 radical (unpaired) electrons. The number of benzene rings is 1. The van der Waals surface area contributed by atoms with Gasteiger partial charge in [-0.1, -0.05) is 6.07 Å². The second-order valence-corrected chi connectivity index (χ2v) is 6.49. The minimum atomic E-state index is -0.982. The molecule has 1 aromatic carbocycles. The van der Waals surface area contributed by atoms with Crippen LogP contribution >= 0.6 is 0 Å². The second-order valence-electron chi connectivity index (χ2n) is 6.49. The summed E-state index contributed by atoms with van der Waals surface area (Å²) in [7, 11) is 0. The van der Waals surface area contributed by atoms with E-state index in [1.165, 1.54) is 0 Å². The van der Waals surface area contributed by atoms with Gasteiger partial charge in [0.25, 0.3) is 5.91 Å². The Morgan fingerprint density at radius 1 is 1.14 bits per heavy atom. The maximum Gasteiger partial charge on any atom is 0.305 e. The standard InChI is InChI=1S/C18H26N6O4/c19-18(20)24-10-8-23(9-11-24)7-5-15(25)22-14-3-1-2-13(12-14)17(28)21-6-4-16(26)27/h1-3,12H,4-11H2,(H3,19,20)(H,21,28)(H,22,25)(H,26,27). The topological polar surface area (TPSA) is 152 Å². The number of amides is 2. The fourth-order valence-corrected chi connectivity index (χ4v) is 2.82. The van der Waals surface area contributed by atoms with E-state index in [1.807, 2.05) is 0 Å². The molecule has 0 aromatic heterocycles. The molecule has 0 aliphatic carbocycles. The summed E-state index contributed by atoms with van der Waals surface area (Å²) in [6.45, 7) is 3.50. The van der Waals surface area contributed by atoms with E-state index in [0.717, 1.165) is 13.1 Å². The largest absolute Gasteiger partial charge is 0.481 e. The van der Waals surface area contributed by atoms with Crippen LogP contribution in [-0.4, -0.2) is 77.9 Å². The number of anilines is 1. The van der Waals surface area contributed by atoms with Gasteiger partial charge >= 0.3 is 5.97 Å². The Hall–Kier alpha value is -3.14. The molecule has 0 bridgehead atoms. The van der Waals surface area contributed by atoms with Crippen molar-refractivity contribution < 1.29 is 19.5 Å². The molecule has 1 heterocycles. The number of nitrogens with one attached hydrogen (secondary N) is 3. The molecule has 10 nitrogen and oxygen atoms in total. The zero-order valence-corrected chi connectivity index (χ0v) is 15.6. The molecule has 1 fully saturated rings. The van der Waals surface area contributed by atoms with Crippen LogP contribution in [0, 0.1) is 5.41 Å². The highest BCUT2D eigenvalue weighted by atomic mass is 16.4. The van der Waals surface area contributed by atoms with Crippen LogP contribution in [0.15, 0.2) is 24.3 Å². The van der Waals surface area contributed by atoms with Gasteiger partial charge in [-0.25, -0.2) is 0 Å². The highest BCUT2D eigenvalue weighted by Crippen LogP contribution is 2.11. The van der Waals surface area contributed by atoms with Crippen molar-refractivity contribution in [1.82, 2.24) is 15.1 Å². The lowest BCUT2D eigenvalue weighted by atomic mass is 10.2. The van der Waals surface area contributed by atoms with Crippen LogP contribution in [-0.2, 0) is 9.59 Å². The predicted octanol–water partition coefficient (Wildman–Crippen LogP) is -0.269. The minimum Gasteiger partial charge on any atom is -0.481 e. The molecule has 152 valence electrons. The van der Waals surface area contributed by atoms with Crippen molar-refractivity contribution in [3.8, 4) is 0 Å². The Morgan fingerprint density at radius 3 is 2.50 bits per heavy atom. The maximum atomic E-state index is 12.2. The van der Waals surface area contributed by atoms with Gasteiger partial charge in [-0.2, -0.15) is 0 Å². The lowest BCUT2D eigenvalue weighted by Crippen LogP contribution is -2.51. The van der Waals surface area contributed by atoms with E-state index < -0.39 is 5.97 Å². The first kappa shape index (κ1) is 21.2. The summed E-state index contributed by atoms with van der Waals surface area (Å²) in [5.74, 6) is -1.45. The van der Waals surface area contributed by atoms with Gasteiger partial charge in [-0.3, -0.25) is 24.7 Å². The van der Waals surface area contributed by atoms with Crippen molar-refractivity contribution >= 4 is 29.4 Å². The summed E-state index contributed by atoms with van der Waals surface area (Å²) in [5.41, 5.74) is 6.33. The molecule has 10 heteroatoms. The van der Waals surface area contributed by atoms with E-state index in [2.05, 4.69) is 15.5 Å². The zero-order valence-electron chi connectivity index (χ0n) is 15.6. The third-order valence-electron chi connectivity index (χ3n) is 4.40. The van der Waals surface area contributed by atoms with Crippen molar-refractivity contribution in [2.75, 3.05) is 44.6 Å². The number of aliphatic carboxylic acids is 1. The Bertz CT molecular complexity index is 731. The molecule has 1 aliphatic heterocycles. The number of carboxylic acid groups (broad SMARTS) is 1. The molecule has 6 N–H and O–H groups in total. The lowest BCUT2D eigenvalue weighted by molar-refractivity contribution is -0.136. The van der Waals surface area contributed by atoms with Crippen molar-refractivity contribution in [3.63, 3.8) is 0 Å². The maximum absolute atomic E-state index is 12.2. The van der Waals surface area contributed by atoms with Gasteiger partial charge in [0.15, 0.2) is 5.96 Å². The van der Waals surface area contributed by atoms with Crippen molar-refractivity contribution in [2.24, 2.45) is 5.73 Å². The van der Waals surface area contributed by atoms with Crippen LogP contribution in [0.5, 0.6) is 0 Å². The van der Waals surface area contributed by atoms with Gasteiger partial charge in [-0.05, 0) is 18.2 Å². The summed E-state index contributed by atoms with van der Waals surface area (Å²) in [6, 6.07) is 6.50. The molecule has 0 saturated carbocycles. The first-order valence-electron chi connectivity index (χ1n) is 9.06. The van der Waals surface area contributed by atoms with Crippen molar-refractivity contribution in [3.05, 3.63) is 29.8 Å². The zero-order chi connectivity index (χ0) is 20.5. The summed E-state index contributed by atoms with van der Waals surface area (Å²) < 4.78 is 0. The SMILES string of the molecule is N=C(N)N1CCN(CCC(=O)Nc2cccc(C(=O)NCCC(=O)O)c2)CC1. The fraction of sp³-hybridized carbons (Fsp3) is 0.444. The number of carbonyl (C=O) groups excluding carboxylic acids is 2. The summed E-state index contributed by atoms with van der Waals surface area (Å²) >= 11 is 0. The van der Waals surface area contributed by atoms with E-state index in [9.17, 15) is 14.4 Å². The van der Waals surface area contributed by atoms with Gasteiger partial charge in [0.1, 0.15) is 0 Å². The van der Waals surface area contributed by atoms with Crippen molar-refractivity contribution in [1.29, 1.82) is 5.41 Å². The smallest absolute Gasteiger partial charge is 0.305 e. The molecular formula is C18H26N6O4. The highest BCUT2D eigenvalue weighted by Gasteiger charge is 2.18. The van der Waals surface area contributed by atoms with Gasteiger partial charge < -0.3 is 26.4 Å². The number of carbonyl (C=O) groups is 3. The quantitative estimate of drug-likeness (QED) is 0.303. The average molecular weight is 390 g/mol. The average Bonchev–Trinajstić information content (AvgIpc) is 2.66. The normalized spacial score (nSPS) is 14.4. The van der Waals surface area contributed by atoms with Crippen LogP contribution in [0.4, 0.5) is 5.69 Å². The van der Waals surface area contributed by atoms with E-state index in [-0.39, 0.29) is 30.7 Å². The Morgan fingerprint density at radius 2 is 1.86 bits per heavy atom. The van der Waals surface area contributed by atoms with Gasteiger partial charge in [0.05, 0.1) is 6.42 Å². The molecule has 1 saturated heterocycles. The van der Waals surface area contributed by atoms with Crippen LogP contribution < -0.4 is 16.4 Å². The Balaban J connectivity index is 1.77. The first-order valence-corrected chi connectivity index (χ1v) is 9.06. The van der Waals surface area contributed by atoms with Crippen LogP contribution in [0.25, 0.3) is 0 Å². The molecular weight excluding hydrogens is 364 g/mol. The Labute approximate surface area is 163 Å². The number of hydrogen-bond acceptors (Lipinski definition) is 5. The van der Waals surface area contributed by atoms with E-state index in [4.69, 9.17) is 16.2 Å². The van der Waals surface area contributed by atoms with Gasteiger partial charge in [0.2, 0.25) is 5.91 Å². The third kappa shape index (κ3) is 6.88. The first-order chi connectivity index (χ1) is 13.3. The number of nitrogens with two attached hydrogens (primary N) is 1. The Kier molecular flexibility index (Phi) is 7.76. The number of carboxylic acids is 1. The second kappa shape index (κ2) is 10.3. The van der Waals surface area contributed by atoms with Crippen molar-refractivity contribution in [2.45, 2.75) is 12.8 Å². The van der Waals surface area contributed by atoms with E-state index >= 15 is 0 Å². The van der Waals surface area contributed by atoms with Crippen LogP contribution in [0.2, 0.25) is 0 Å². The van der Waals surface area contributed by atoms with E-state index in [1.54, 1.807) is 29.2 Å². The number of guanidine groups is 1. The molecule has 28 heavy (non-hydrogen) atoms. The molecule has 2 rings (SSSR count). The summed E-state index contributed by atoms with van der Waals surface area (Å²) in [6.07, 6.45) is 0.165. The minimum absolute atomic E-state index is 0.0433. The van der Waals surface area contributed by atoms with Gasteiger partial charge in [0, 0.05) is 56.9 Å². The summed E-state index contributed by atoms with van der Waals surface area (Å²) in [4.78, 5) is 38.6. The molecule has 0 spiro atoms. The number of piperazine rings is 1. The molecule has 1 aliphatic rings. The molecule has 2 amide bonds. The number of hydrogen-bond donors (Lipinski definition) is 5. The molecule has 0 unspecified atom stereocenters. The molecule has 0 atom stereocenters. The molecule has 1 aromatic rings. The predicted molar refractivity (Wildman–Crippen MR) is 104 cm³/mol. The van der Waals surface area contributed by atoms with Crippen LogP contribution in [0.3, 0.4) is 0 Å². The third-order valence-corrected chi connectivity index (χ3v) is 4.40. The van der Waals surface area contributed by atoms with Crippen LogP contribution in [0.1, 0.15) is 23.2 Å². The monoisotopic (exact) mass is 390 g/mol. The fourth-order valence-electron chi connectivity index (χ4n) is 2.82. The van der Waals surface area contributed by atoms with E-state index in [0.29, 0.717) is 37.3 Å². The lowest BCUT2D eigenvalue weighted by Gasteiger charge is -2.34.